The van der Waals surface area contributed by atoms with Gasteiger partial charge in [0.05, 0.1) is 5.02 Å². The maximum Gasteiger partial charge on any atom is 0.134 e. The van der Waals surface area contributed by atoms with Gasteiger partial charge in [0.15, 0.2) is 0 Å². The smallest absolute Gasteiger partial charge is 0.134 e. The Hall–Kier alpha value is -1.22. The second-order valence-corrected chi connectivity index (χ2v) is 2.49. The lowest BCUT2D eigenvalue weighted by Crippen LogP contribution is -2.10. The molecule has 0 fully saturated rings. The lowest BCUT2D eigenvalue weighted by molar-refractivity contribution is 0.475. The maximum absolute atomic E-state index is 8.98. The maximum atomic E-state index is 8.98. The first kappa shape index (κ1) is 7.88. The fourth-order valence-corrected chi connectivity index (χ4v) is 0.855. The Morgan fingerprint density at radius 3 is 2.64 bits per heavy atom. The molecule has 0 aliphatic heterocycles. The third-order valence-electron chi connectivity index (χ3n) is 1.26. The number of nitrogens with one attached hydrogen (secondary N) is 1. The van der Waals surface area contributed by atoms with Crippen LogP contribution < -0.4 is 5.73 Å². The fraction of sp³-hybridized carbons (Fsp3) is 0. The first-order chi connectivity index (χ1) is 5.11. The van der Waals surface area contributed by atoms with Gasteiger partial charge in [-0.25, -0.2) is 0 Å². The third-order valence-corrected chi connectivity index (χ3v) is 1.56. The van der Waals surface area contributed by atoms with E-state index in [1.165, 1.54) is 18.2 Å². The number of hydrogen-bond acceptors (Lipinski definition) is 2. The average Bonchev–Trinajstić information content (AvgIpc) is 1.94. The predicted octanol–water partition coefficient (Wildman–Crippen LogP) is 1.33. The molecule has 4 N–H and O–H groups in total. The normalized spacial score (nSPS) is 9.55. The molecule has 0 aromatic heterocycles. The van der Waals surface area contributed by atoms with Crippen LogP contribution in [0.15, 0.2) is 18.2 Å². The van der Waals surface area contributed by atoms with Crippen molar-refractivity contribution in [2.75, 3.05) is 0 Å². The Morgan fingerprint density at radius 2 is 2.18 bits per heavy atom. The molecule has 0 heterocycles. The van der Waals surface area contributed by atoms with Crippen molar-refractivity contribution in [1.82, 2.24) is 0 Å². The zero-order chi connectivity index (χ0) is 8.43. The van der Waals surface area contributed by atoms with E-state index in [9.17, 15) is 0 Å². The van der Waals surface area contributed by atoms with Gasteiger partial charge in [0, 0.05) is 5.56 Å². The first-order valence-corrected chi connectivity index (χ1v) is 3.32. The van der Waals surface area contributed by atoms with Gasteiger partial charge in [-0.3, -0.25) is 5.41 Å². The van der Waals surface area contributed by atoms with E-state index in [1.54, 1.807) is 0 Å². The number of rotatable bonds is 1. The van der Waals surface area contributed by atoms with Gasteiger partial charge in [0.25, 0.3) is 0 Å². The summed E-state index contributed by atoms with van der Waals surface area (Å²) >= 11 is 5.56. The summed E-state index contributed by atoms with van der Waals surface area (Å²) in [5, 5.41) is 16.2. The molecule has 0 aliphatic carbocycles. The molecule has 0 spiro atoms. The van der Waals surface area contributed by atoms with E-state index in [2.05, 4.69) is 0 Å². The van der Waals surface area contributed by atoms with Gasteiger partial charge in [-0.05, 0) is 18.2 Å². The van der Waals surface area contributed by atoms with Gasteiger partial charge >= 0.3 is 0 Å². The number of benzene rings is 1. The molecular formula is C7H7ClN2O. The highest BCUT2D eigenvalue weighted by Gasteiger charge is 2.00. The zero-order valence-corrected chi connectivity index (χ0v) is 6.39. The Bertz CT molecular complexity index is 298. The van der Waals surface area contributed by atoms with E-state index in [1.807, 2.05) is 0 Å². The van der Waals surface area contributed by atoms with E-state index in [-0.39, 0.29) is 16.6 Å². The molecule has 58 valence electrons. The van der Waals surface area contributed by atoms with E-state index in [0.29, 0.717) is 5.56 Å². The summed E-state index contributed by atoms with van der Waals surface area (Å²) in [5.41, 5.74) is 5.68. The second-order valence-electron chi connectivity index (χ2n) is 2.08. The quantitative estimate of drug-likeness (QED) is 0.440. The Labute approximate surface area is 68.9 Å². The van der Waals surface area contributed by atoms with Crippen LogP contribution in [0.3, 0.4) is 0 Å². The van der Waals surface area contributed by atoms with Gasteiger partial charge in [-0.1, -0.05) is 11.6 Å². The molecule has 0 saturated carbocycles. The van der Waals surface area contributed by atoms with Gasteiger partial charge in [0.2, 0.25) is 0 Å². The van der Waals surface area contributed by atoms with Crippen LogP contribution in [0, 0.1) is 5.41 Å². The highest BCUT2D eigenvalue weighted by Crippen LogP contribution is 2.23. The highest BCUT2D eigenvalue weighted by atomic mass is 35.5. The summed E-state index contributed by atoms with van der Waals surface area (Å²) in [6.45, 7) is 0. The largest absolute Gasteiger partial charge is 0.506 e. The van der Waals surface area contributed by atoms with Crippen molar-refractivity contribution >= 4 is 17.4 Å². The number of nitrogens with two attached hydrogens (primary N) is 1. The molecule has 4 heteroatoms. The lowest BCUT2D eigenvalue weighted by Gasteiger charge is -1.99. The Balaban J connectivity index is 3.15. The molecule has 0 amide bonds. The van der Waals surface area contributed by atoms with Crippen LogP contribution in [-0.4, -0.2) is 10.9 Å². The van der Waals surface area contributed by atoms with Crippen LogP contribution in [0.25, 0.3) is 0 Å². The number of aromatic hydroxyl groups is 1. The van der Waals surface area contributed by atoms with Crippen molar-refractivity contribution in [3.05, 3.63) is 28.8 Å². The number of hydrogen-bond donors (Lipinski definition) is 3. The van der Waals surface area contributed by atoms with E-state index >= 15 is 0 Å². The molecule has 0 bridgehead atoms. The first-order valence-electron chi connectivity index (χ1n) is 2.94. The Kier molecular flexibility index (Phi) is 2.01. The van der Waals surface area contributed by atoms with Crippen molar-refractivity contribution in [3.63, 3.8) is 0 Å². The fourth-order valence-electron chi connectivity index (χ4n) is 0.674. The molecule has 3 nitrogen and oxygen atoms in total. The molecule has 11 heavy (non-hydrogen) atoms. The van der Waals surface area contributed by atoms with Crippen molar-refractivity contribution in [1.29, 1.82) is 5.41 Å². The number of halogens is 1. The van der Waals surface area contributed by atoms with Crippen molar-refractivity contribution in [2.45, 2.75) is 0 Å². The monoisotopic (exact) mass is 170 g/mol. The van der Waals surface area contributed by atoms with Crippen LogP contribution in [-0.2, 0) is 0 Å². The van der Waals surface area contributed by atoms with Crippen LogP contribution in [0.5, 0.6) is 5.75 Å². The molecule has 0 aliphatic rings. The lowest BCUT2D eigenvalue weighted by atomic mass is 10.2. The Morgan fingerprint density at radius 1 is 1.55 bits per heavy atom. The zero-order valence-electron chi connectivity index (χ0n) is 5.63. The van der Waals surface area contributed by atoms with E-state index in [4.69, 9.17) is 27.9 Å². The average molecular weight is 171 g/mol. The van der Waals surface area contributed by atoms with E-state index in [0.717, 1.165) is 0 Å². The van der Waals surface area contributed by atoms with Gasteiger partial charge < -0.3 is 10.8 Å². The second kappa shape index (κ2) is 2.80. The minimum absolute atomic E-state index is 0.00309. The topological polar surface area (TPSA) is 70.1 Å². The van der Waals surface area contributed by atoms with Crippen LogP contribution in [0.2, 0.25) is 5.02 Å². The molecule has 0 atom stereocenters. The molecule has 0 unspecified atom stereocenters. The number of phenolic OH excluding ortho intramolecular Hbond substituents is 1. The number of nitrogen functional groups attached to an aromatic ring is 1. The summed E-state index contributed by atoms with van der Waals surface area (Å²) in [7, 11) is 0. The SMILES string of the molecule is N=C(N)c1ccc(O)c(Cl)c1. The summed E-state index contributed by atoms with van der Waals surface area (Å²) < 4.78 is 0. The molecular weight excluding hydrogens is 164 g/mol. The van der Waals surface area contributed by atoms with Gasteiger partial charge in [0.1, 0.15) is 11.6 Å². The standard InChI is InChI=1S/C7H7ClN2O/c8-5-3-4(7(9)10)1-2-6(5)11/h1-3,11H,(H3,9,10). The highest BCUT2D eigenvalue weighted by molar-refractivity contribution is 6.32. The van der Waals surface area contributed by atoms with Crippen LogP contribution in [0.1, 0.15) is 5.56 Å². The number of phenols is 1. The summed E-state index contributed by atoms with van der Waals surface area (Å²) in [6.07, 6.45) is 0. The summed E-state index contributed by atoms with van der Waals surface area (Å²) in [4.78, 5) is 0. The van der Waals surface area contributed by atoms with Crippen LogP contribution >= 0.6 is 11.6 Å². The van der Waals surface area contributed by atoms with Crippen molar-refractivity contribution in [2.24, 2.45) is 5.73 Å². The predicted molar refractivity (Wildman–Crippen MR) is 44.1 cm³/mol. The van der Waals surface area contributed by atoms with Crippen molar-refractivity contribution in [3.8, 4) is 5.75 Å². The minimum atomic E-state index is -0.0631. The van der Waals surface area contributed by atoms with Crippen LogP contribution in [0.4, 0.5) is 0 Å². The molecule has 1 aromatic rings. The van der Waals surface area contributed by atoms with E-state index < -0.39 is 0 Å². The molecule has 0 radical (unpaired) electrons. The van der Waals surface area contributed by atoms with Crippen molar-refractivity contribution < 1.29 is 5.11 Å². The third kappa shape index (κ3) is 1.62. The molecule has 0 saturated heterocycles. The molecule has 1 aromatic carbocycles. The van der Waals surface area contributed by atoms with Gasteiger partial charge in [-0.2, -0.15) is 0 Å². The summed E-state index contributed by atoms with van der Waals surface area (Å²) in [6, 6.07) is 4.38. The molecule has 1 rings (SSSR count). The van der Waals surface area contributed by atoms with Gasteiger partial charge in [-0.15, -0.1) is 0 Å². The minimum Gasteiger partial charge on any atom is -0.506 e. The summed E-state index contributed by atoms with van der Waals surface area (Å²) in [5.74, 6) is -0.0661. The number of amidine groups is 1.